The largest absolute Gasteiger partial charge is 0.444 e. The van der Waals surface area contributed by atoms with E-state index in [2.05, 4.69) is 10.6 Å². The summed E-state index contributed by atoms with van der Waals surface area (Å²) in [5, 5.41) is 6.49. The van der Waals surface area contributed by atoms with Crippen molar-refractivity contribution < 1.29 is 14.3 Å². The third-order valence-corrected chi connectivity index (χ3v) is 3.25. The highest BCUT2D eigenvalue weighted by Gasteiger charge is 2.20. The van der Waals surface area contributed by atoms with Crippen LogP contribution in [-0.4, -0.2) is 31.4 Å². The van der Waals surface area contributed by atoms with E-state index < -0.39 is 11.7 Å². The van der Waals surface area contributed by atoms with Gasteiger partial charge in [0.2, 0.25) is 0 Å². The molecule has 5 nitrogen and oxygen atoms in total. The van der Waals surface area contributed by atoms with Gasteiger partial charge in [-0.3, -0.25) is 5.32 Å². The number of halogens is 1. The summed E-state index contributed by atoms with van der Waals surface area (Å²) in [6, 6.07) is 5.37. The molecule has 1 aromatic carbocycles. The Hall–Kier alpha value is -1.30. The number of hydrogen-bond acceptors (Lipinski definition) is 4. The molecule has 2 rings (SSSR count). The number of benzene rings is 1. The molecule has 1 fully saturated rings. The zero-order valence-electron chi connectivity index (χ0n) is 12.5. The molecule has 0 radical (unpaired) electrons. The highest BCUT2D eigenvalue weighted by molar-refractivity contribution is 6.31. The lowest BCUT2D eigenvalue weighted by Gasteiger charge is -2.25. The Kier molecular flexibility index (Phi) is 5.08. The summed E-state index contributed by atoms with van der Waals surface area (Å²) < 4.78 is 10.9. The van der Waals surface area contributed by atoms with E-state index in [0.717, 1.165) is 18.7 Å². The second kappa shape index (κ2) is 6.64. The van der Waals surface area contributed by atoms with Gasteiger partial charge in [-0.1, -0.05) is 17.7 Å². The summed E-state index contributed by atoms with van der Waals surface area (Å²) in [5.41, 5.74) is 0.982. The summed E-state index contributed by atoms with van der Waals surface area (Å²) in [5.74, 6) is 0. The molecule has 1 heterocycles. The van der Waals surface area contributed by atoms with Crippen LogP contribution in [0.3, 0.4) is 0 Å². The molecule has 116 valence electrons. The van der Waals surface area contributed by atoms with E-state index in [-0.39, 0.29) is 6.10 Å². The maximum Gasteiger partial charge on any atom is 0.412 e. The second-order valence-corrected chi connectivity index (χ2v) is 6.33. The average Bonchev–Trinajstić information content (AvgIpc) is 2.37. The molecule has 2 N–H and O–H groups in total. The molecule has 0 spiro atoms. The molecule has 1 unspecified atom stereocenters. The zero-order valence-corrected chi connectivity index (χ0v) is 13.3. The van der Waals surface area contributed by atoms with E-state index in [1.54, 1.807) is 12.1 Å². The van der Waals surface area contributed by atoms with Gasteiger partial charge in [-0.25, -0.2) is 4.79 Å². The monoisotopic (exact) mass is 312 g/mol. The average molecular weight is 313 g/mol. The fraction of sp³-hybridized carbons (Fsp3) is 0.533. The lowest BCUT2D eigenvalue weighted by atomic mass is 10.1. The lowest BCUT2D eigenvalue weighted by Crippen LogP contribution is -2.33. The number of carbonyl (C=O) groups excluding carboxylic acids is 1. The SMILES string of the molecule is CC(C)(C)OC(=O)Nc1ccc(C2CNCCO2)c(Cl)c1. The van der Waals surface area contributed by atoms with Crippen LogP contribution in [-0.2, 0) is 9.47 Å². The van der Waals surface area contributed by atoms with Crippen LogP contribution in [0.2, 0.25) is 5.02 Å². The van der Waals surface area contributed by atoms with E-state index in [4.69, 9.17) is 21.1 Å². The predicted octanol–water partition coefficient (Wildman–Crippen LogP) is 3.35. The molecule has 1 aromatic rings. The second-order valence-electron chi connectivity index (χ2n) is 5.93. The van der Waals surface area contributed by atoms with Crippen molar-refractivity contribution >= 4 is 23.4 Å². The third kappa shape index (κ3) is 4.88. The Morgan fingerprint density at radius 3 is 2.81 bits per heavy atom. The molecule has 21 heavy (non-hydrogen) atoms. The van der Waals surface area contributed by atoms with E-state index in [9.17, 15) is 4.79 Å². The Morgan fingerprint density at radius 1 is 1.48 bits per heavy atom. The van der Waals surface area contributed by atoms with Crippen LogP contribution in [0.4, 0.5) is 10.5 Å². The molecule has 1 amide bonds. The van der Waals surface area contributed by atoms with E-state index in [1.165, 1.54) is 0 Å². The number of amides is 1. The first-order valence-corrected chi connectivity index (χ1v) is 7.35. The van der Waals surface area contributed by atoms with Crippen molar-refractivity contribution in [3.05, 3.63) is 28.8 Å². The number of nitrogens with one attached hydrogen (secondary N) is 2. The number of morpholine rings is 1. The quantitative estimate of drug-likeness (QED) is 0.879. The minimum absolute atomic E-state index is 0.0539. The number of carbonyl (C=O) groups is 1. The van der Waals surface area contributed by atoms with Crippen molar-refractivity contribution in [2.75, 3.05) is 25.0 Å². The van der Waals surface area contributed by atoms with Crippen molar-refractivity contribution in [2.24, 2.45) is 0 Å². The van der Waals surface area contributed by atoms with Crippen molar-refractivity contribution in [1.82, 2.24) is 5.32 Å². The zero-order chi connectivity index (χ0) is 15.5. The number of hydrogen-bond donors (Lipinski definition) is 2. The number of rotatable bonds is 2. The van der Waals surface area contributed by atoms with Crippen molar-refractivity contribution in [3.8, 4) is 0 Å². The third-order valence-electron chi connectivity index (χ3n) is 2.92. The van der Waals surface area contributed by atoms with Gasteiger partial charge in [-0.05, 0) is 32.9 Å². The minimum atomic E-state index is -0.532. The van der Waals surface area contributed by atoms with E-state index >= 15 is 0 Å². The molecule has 1 saturated heterocycles. The lowest BCUT2D eigenvalue weighted by molar-refractivity contribution is 0.0278. The maximum atomic E-state index is 11.7. The van der Waals surface area contributed by atoms with Crippen LogP contribution in [0.15, 0.2) is 18.2 Å². The van der Waals surface area contributed by atoms with Crippen LogP contribution in [0.25, 0.3) is 0 Å². The highest BCUT2D eigenvalue weighted by Crippen LogP contribution is 2.29. The van der Waals surface area contributed by atoms with Gasteiger partial charge in [0.25, 0.3) is 0 Å². The molecule has 1 atom stereocenters. The Labute approximate surface area is 130 Å². The summed E-state index contributed by atoms with van der Waals surface area (Å²) in [4.78, 5) is 11.7. The van der Waals surface area contributed by atoms with Gasteiger partial charge in [0.1, 0.15) is 5.60 Å². The minimum Gasteiger partial charge on any atom is -0.444 e. The molecule has 0 saturated carbocycles. The molecule has 1 aliphatic heterocycles. The summed E-state index contributed by atoms with van der Waals surface area (Å²) in [6.07, 6.45) is -0.552. The molecule has 6 heteroatoms. The Balaban J connectivity index is 2.03. The van der Waals surface area contributed by atoms with Gasteiger partial charge in [0, 0.05) is 29.4 Å². The smallest absolute Gasteiger partial charge is 0.412 e. The highest BCUT2D eigenvalue weighted by atomic mass is 35.5. The van der Waals surface area contributed by atoms with Gasteiger partial charge < -0.3 is 14.8 Å². The van der Waals surface area contributed by atoms with Gasteiger partial charge in [-0.2, -0.15) is 0 Å². The predicted molar refractivity (Wildman–Crippen MR) is 82.9 cm³/mol. The summed E-state index contributed by atoms with van der Waals surface area (Å²) in [7, 11) is 0. The number of ether oxygens (including phenoxy) is 2. The maximum absolute atomic E-state index is 11.7. The first kappa shape index (κ1) is 16.1. The molecule has 0 aromatic heterocycles. The van der Waals surface area contributed by atoms with Crippen LogP contribution in [0.1, 0.15) is 32.4 Å². The van der Waals surface area contributed by atoms with E-state index in [0.29, 0.717) is 17.3 Å². The molecular weight excluding hydrogens is 292 g/mol. The number of anilines is 1. The summed E-state index contributed by atoms with van der Waals surface area (Å²) in [6.45, 7) is 7.70. The first-order valence-electron chi connectivity index (χ1n) is 6.97. The van der Waals surface area contributed by atoms with Gasteiger partial charge in [-0.15, -0.1) is 0 Å². The van der Waals surface area contributed by atoms with Gasteiger partial charge in [0.05, 0.1) is 12.7 Å². The molecule has 0 bridgehead atoms. The van der Waals surface area contributed by atoms with Crippen molar-refractivity contribution in [3.63, 3.8) is 0 Å². The Morgan fingerprint density at radius 2 is 2.24 bits per heavy atom. The molecule has 0 aliphatic carbocycles. The van der Waals surface area contributed by atoms with Crippen LogP contribution < -0.4 is 10.6 Å². The summed E-state index contributed by atoms with van der Waals surface area (Å²) >= 11 is 6.28. The first-order chi connectivity index (χ1) is 9.85. The van der Waals surface area contributed by atoms with Crippen LogP contribution >= 0.6 is 11.6 Å². The molecular formula is C15H21ClN2O3. The van der Waals surface area contributed by atoms with Gasteiger partial charge >= 0.3 is 6.09 Å². The topological polar surface area (TPSA) is 59.6 Å². The van der Waals surface area contributed by atoms with Gasteiger partial charge in [0.15, 0.2) is 0 Å². The fourth-order valence-corrected chi connectivity index (χ4v) is 2.35. The Bertz CT molecular complexity index is 508. The standard InChI is InChI=1S/C15H21ClN2O3/c1-15(2,3)21-14(19)18-10-4-5-11(12(16)8-10)13-9-17-6-7-20-13/h4-5,8,13,17H,6-7,9H2,1-3H3,(H,18,19). The van der Waals surface area contributed by atoms with Crippen molar-refractivity contribution in [2.45, 2.75) is 32.5 Å². The normalized spacial score (nSPS) is 19.1. The van der Waals surface area contributed by atoms with Crippen LogP contribution in [0, 0.1) is 0 Å². The molecule has 1 aliphatic rings. The van der Waals surface area contributed by atoms with E-state index in [1.807, 2.05) is 26.8 Å². The van der Waals surface area contributed by atoms with Crippen LogP contribution in [0.5, 0.6) is 0 Å². The van der Waals surface area contributed by atoms with Crippen molar-refractivity contribution in [1.29, 1.82) is 0 Å². The fourth-order valence-electron chi connectivity index (χ4n) is 2.05.